The van der Waals surface area contributed by atoms with E-state index in [0.717, 1.165) is 0 Å². The fourth-order valence-electron chi connectivity index (χ4n) is 7.52. The Hall–Kier alpha value is -4.16. The van der Waals surface area contributed by atoms with Crippen molar-refractivity contribution in [3.05, 3.63) is 71.8 Å². The summed E-state index contributed by atoms with van der Waals surface area (Å²) in [4.78, 5) is 80.4. The van der Waals surface area contributed by atoms with Crippen molar-refractivity contribution in [1.29, 1.82) is 0 Å². The number of carboxylic acids is 2. The highest BCUT2D eigenvalue weighted by molar-refractivity contribution is 8.02. The minimum Gasteiger partial charge on any atom is -0.480 e. The number of thioether (sulfide) groups is 2. The third-order valence-corrected chi connectivity index (χ3v) is 13.3. The van der Waals surface area contributed by atoms with Crippen LogP contribution in [0.4, 0.5) is 0 Å². The Morgan fingerprint density at radius 2 is 1.06 bits per heavy atom. The quantitative estimate of drug-likeness (QED) is 0.140. The molecule has 8 atom stereocenters. The first-order valence-electron chi connectivity index (χ1n) is 17.2. The molecule has 4 heterocycles. The summed E-state index contributed by atoms with van der Waals surface area (Å²) in [6.45, 7) is 7.38. The van der Waals surface area contributed by atoms with Crippen molar-refractivity contribution < 1.29 is 43.7 Å². The van der Waals surface area contributed by atoms with E-state index >= 15 is 0 Å². The molecule has 4 fully saturated rings. The lowest BCUT2D eigenvalue weighted by molar-refractivity contribution is -0.161. The lowest BCUT2D eigenvalue weighted by Crippen LogP contribution is -2.71. The van der Waals surface area contributed by atoms with Gasteiger partial charge in [0.25, 0.3) is 0 Å². The molecule has 15 nitrogen and oxygen atoms in total. The van der Waals surface area contributed by atoms with Gasteiger partial charge >= 0.3 is 11.9 Å². The van der Waals surface area contributed by atoms with E-state index in [-0.39, 0.29) is 13.1 Å². The van der Waals surface area contributed by atoms with Crippen LogP contribution in [0, 0.1) is 0 Å². The van der Waals surface area contributed by atoms with E-state index in [1.54, 1.807) is 76.2 Å². The van der Waals surface area contributed by atoms with Gasteiger partial charge in [-0.25, -0.2) is 9.59 Å². The van der Waals surface area contributed by atoms with Crippen molar-refractivity contribution in [1.82, 2.24) is 31.1 Å². The number of methoxy groups -OCH3 is 1. The number of carbonyl (C=O) groups excluding carboxylic acids is 4. The number of aliphatic carboxylic acids is 2. The van der Waals surface area contributed by atoms with Crippen LogP contribution < -0.4 is 21.3 Å². The lowest BCUT2D eigenvalue weighted by Gasteiger charge is -2.44. The van der Waals surface area contributed by atoms with Crippen LogP contribution in [0.25, 0.3) is 0 Å². The predicted molar refractivity (Wildman–Crippen MR) is 196 cm³/mol. The molecule has 284 valence electrons. The summed E-state index contributed by atoms with van der Waals surface area (Å²) in [7, 11) is 1.50. The molecule has 2 aromatic carbocycles. The molecule has 4 amide bonds. The van der Waals surface area contributed by atoms with Gasteiger partial charge in [0.2, 0.25) is 23.6 Å². The van der Waals surface area contributed by atoms with Crippen molar-refractivity contribution >= 4 is 59.1 Å². The molecule has 4 unspecified atom stereocenters. The van der Waals surface area contributed by atoms with E-state index in [0.29, 0.717) is 11.1 Å². The maximum absolute atomic E-state index is 13.8. The molecular weight excluding hydrogens is 725 g/mol. The normalized spacial score (nSPS) is 28.1. The highest BCUT2D eigenvalue weighted by atomic mass is 32.2. The van der Waals surface area contributed by atoms with Crippen LogP contribution in [0.15, 0.2) is 60.7 Å². The number of amides is 4. The number of hydrogen-bond donors (Lipinski definition) is 6. The Labute approximate surface area is 315 Å². The van der Waals surface area contributed by atoms with E-state index < -0.39 is 98.2 Å². The molecule has 0 saturated carbocycles. The first-order chi connectivity index (χ1) is 25.1. The van der Waals surface area contributed by atoms with Crippen LogP contribution in [0.2, 0.25) is 0 Å². The zero-order valence-electron chi connectivity index (χ0n) is 29.8. The van der Waals surface area contributed by atoms with Crippen LogP contribution in [-0.4, -0.2) is 126 Å². The van der Waals surface area contributed by atoms with Crippen LogP contribution >= 0.6 is 23.5 Å². The molecule has 4 aliphatic heterocycles. The molecule has 2 aromatic rings. The topological polar surface area (TPSA) is 207 Å². The van der Waals surface area contributed by atoms with E-state index in [1.165, 1.54) is 40.4 Å². The monoisotopic (exact) mass is 768 g/mol. The summed E-state index contributed by atoms with van der Waals surface area (Å²) in [5.74, 6) is -4.00. The Morgan fingerprint density at radius 1 is 0.698 bits per heavy atom. The maximum atomic E-state index is 13.8. The lowest BCUT2D eigenvalue weighted by atomic mass is 9.95. The molecule has 0 aliphatic carbocycles. The summed E-state index contributed by atoms with van der Waals surface area (Å²) < 4.78 is 4.27. The van der Waals surface area contributed by atoms with E-state index in [2.05, 4.69) is 21.3 Å². The molecule has 0 aromatic heterocycles. The smallest absolute Gasteiger partial charge is 0.327 e. The van der Waals surface area contributed by atoms with Gasteiger partial charge in [0.15, 0.2) is 0 Å². The fourth-order valence-corrected chi connectivity index (χ4v) is 10.8. The number of ether oxygens (including phenoxy) is 1. The van der Waals surface area contributed by atoms with Crippen molar-refractivity contribution in [2.24, 2.45) is 0 Å². The van der Waals surface area contributed by atoms with Gasteiger partial charge in [-0.05, 0) is 38.8 Å². The third-order valence-electron chi connectivity index (χ3n) is 10.2. The maximum Gasteiger partial charge on any atom is 0.327 e. The number of rotatable bonds is 15. The second-order valence-corrected chi connectivity index (χ2v) is 18.1. The summed E-state index contributed by atoms with van der Waals surface area (Å²) in [5, 5.41) is 30.7. The van der Waals surface area contributed by atoms with E-state index in [1.807, 2.05) is 12.1 Å². The van der Waals surface area contributed by atoms with Crippen molar-refractivity contribution in [3.8, 4) is 0 Å². The fraction of sp³-hybridized carbons (Fsp3) is 0.500. The number of β-lactam (4-membered cyclic amide) rings is 2. The summed E-state index contributed by atoms with van der Waals surface area (Å²) in [5.41, 5.74) is 1.27. The number of fused-ring (bicyclic) bond motifs is 2. The van der Waals surface area contributed by atoms with E-state index in [4.69, 9.17) is 4.74 Å². The van der Waals surface area contributed by atoms with Gasteiger partial charge in [0, 0.05) is 29.7 Å². The average Bonchev–Trinajstić information content (AvgIpc) is 3.54. The number of nitrogens with zero attached hydrogens (tertiary/aromatic N) is 2. The van der Waals surface area contributed by atoms with Gasteiger partial charge in [0.1, 0.15) is 47.0 Å². The highest BCUT2D eigenvalue weighted by Gasteiger charge is 2.65. The van der Waals surface area contributed by atoms with Gasteiger partial charge in [-0.2, -0.15) is 0 Å². The molecule has 6 rings (SSSR count). The predicted octanol–water partition coefficient (Wildman–Crippen LogP) is 0.927. The Balaban J connectivity index is 1.11. The van der Waals surface area contributed by atoms with Crippen molar-refractivity contribution in [2.75, 3.05) is 20.2 Å². The number of benzene rings is 2. The largest absolute Gasteiger partial charge is 0.480 e. The summed E-state index contributed by atoms with van der Waals surface area (Å²) >= 11 is 2.69. The molecule has 0 radical (unpaired) electrons. The average molecular weight is 769 g/mol. The molecular formula is C36H44N6O9S2. The second-order valence-electron chi connectivity index (χ2n) is 14.5. The van der Waals surface area contributed by atoms with E-state index in [9.17, 15) is 39.0 Å². The van der Waals surface area contributed by atoms with Crippen LogP contribution in [0.1, 0.15) is 50.9 Å². The summed E-state index contributed by atoms with van der Waals surface area (Å²) in [6.07, 6.45) is -0.556. The molecule has 0 spiro atoms. The number of carboxylic acid groups (broad SMARTS) is 2. The van der Waals surface area contributed by atoms with Gasteiger partial charge in [-0.1, -0.05) is 60.7 Å². The van der Waals surface area contributed by atoms with Crippen molar-refractivity contribution in [3.63, 3.8) is 0 Å². The SMILES string of the molecule is COC(CNC(C(=O)N[C@@H]1C(=O)N2C(C(=O)O)C(C)(C)S[C@H]12)c1ccccc1)CNC(C(=O)N[C@@H]1C(=O)N2C(C(=O)O)C(C)(C)S[C@H]12)c1ccccc1. The molecule has 4 saturated heterocycles. The minimum atomic E-state index is -1.09. The number of hydrogen-bond acceptors (Lipinski definition) is 11. The minimum absolute atomic E-state index is 0.150. The first-order valence-corrected chi connectivity index (χ1v) is 19.0. The Bertz CT molecular complexity index is 1640. The molecule has 0 bridgehead atoms. The zero-order valence-corrected chi connectivity index (χ0v) is 31.5. The molecule has 4 aliphatic rings. The zero-order chi connectivity index (χ0) is 38.4. The second kappa shape index (κ2) is 14.9. The standard InChI is InChI=1S/C36H44N6O9S2/c1-35(2)25(33(47)48)41-29(45)23(31(41)52-35)39-27(43)21(18-12-8-6-9-13-18)37-16-20(51-5)17-38-22(19-14-10-7-11-15-19)28(44)40-24-30(46)42-26(34(49)50)36(3,4)53-32(24)42/h6-15,20-26,31-32,37-38H,16-17H2,1-5H3,(H,39,43)(H,40,44)(H,47,48)(H,49,50)/t20?,21?,22?,23-,24-,25?,26?,31-,32-/m1/s1. The van der Waals surface area contributed by atoms with Crippen LogP contribution in [0.3, 0.4) is 0 Å². The summed E-state index contributed by atoms with van der Waals surface area (Å²) in [6, 6.07) is 12.4. The van der Waals surface area contributed by atoms with Gasteiger partial charge < -0.3 is 35.4 Å². The first kappa shape index (κ1) is 38.6. The Kier molecular flexibility index (Phi) is 10.9. The van der Waals surface area contributed by atoms with Gasteiger partial charge in [-0.3, -0.25) is 29.8 Å². The van der Waals surface area contributed by atoms with Crippen LogP contribution in [-0.2, 0) is 33.5 Å². The van der Waals surface area contributed by atoms with Gasteiger partial charge in [0.05, 0.1) is 6.10 Å². The third kappa shape index (κ3) is 7.24. The highest BCUT2D eigenvalue weighted by Crippen LogP contribution is 2.52. The molecule has 53 heavy (non-hydrogen) atoms. The van der Waals surface area contributed by atoms with Crippen LogP contribution in [0.5, 0.6) is 0 Å². The number of nitrogens with one attached hydrogen (secondary N) is 4. The molecule has 17 heteroatoms. The number of carbonyl (C=O) groups is 6. The molecule has 6 N–H and O–H groups in total. The van der Waals surface area contributed by atoms with Gasteiger partial charge in [-0.15, -0.1) is 23.5 Å². The van der Waals surface area contributed by atoms with Crippen molar-refractivity contribution in [2.45, 2.75) is 90.3 Å². The Morgan fingerprint density at radius 3 is 1.38 bits per heavy atom.